The third kappa shape index (κ3) is 3.29. The van der Waals surface area contributed by atoms with Crippen LogP contribution in [0.5, 0.6) is 5.75 Å². The van der Waals surface area contributed by atoms with Gasteiger partial charge in [-0.1, -0.05) is 18.2 Å². The van der Waals surface area contributed by atoms with Crippen molar-refractivity contribution in [2.75, 3.05) is 7.11 Å². The lowest BCUT2D eigenvalue weighted by molar-refractivity contribution is 0.104. The van der Waals surface area contributed by atoms with E-state index in [1.54, 1.807) is 6.07 Å². The van der Waals surface area contributed by atoms with Gasteiger partial charge >= 0.3 is 0 Å². The minimum absolute atomic E-state index is 0.0570. The first-order chi connectivity index (χ1) is 9.60. The van der Waals surface area contributed by atoms with Crippen LogP contribution in [0.3, 0.4) is 0 Å². The van der Waals surface area contributed by atoms with Gasteiger partial charge < -0.3 is 4.74 Å². The molecule has 2 aromatic carbocycles. The van der Waals surface area contributed by atoms with Crippen LogP contribution in [0, 0.1) is 11.6 Å². The van der Waals surface area contributed by atoms with E-state index < -0.39 is 17.4 Å². The maximum Gasteiger partial charge on any atom is 0.188 e. The van der Waals surface area contributed by atoms with Gasteiger partial charge in [0.2, 0.25) is 0 Å². The summed E-state index contributed by atoms with van der Waals surface area (Å²) in [6.45, 7) is 0. The highest BCUT2D eigenvalue weighted by molar-refractivity contribution is 6.07. The molecule has 0 unspecified atom stereocenters. The number of rotatable bonds is 4. The van der Waals surface area contributed by atoms with E-state index in [1.165, 1.54) is 49.6 Å². The average molecular weight is 274 g/mol. The van der Waals surface area contributed by atoms with Gasteiger partial charge in [-0.3, -0.25) is 4.79 Å². The summed E-state index contributed by atoms with van der Waals surface area (Å²) in [6.07, 6.45) is 2.65. The quantitative estimate of drug-likeness (QED) is 0.625. The number of allylic oxidation sites excluding steroid dienone is 1. The number of ketones is 1. The molecule has 0 radical (unpaired) electrons. The molecule has 0 aliphatic rings. The zero-order chi connectivity index (χ0) is 14.5. The molecule has 20 heavy (non-hydrogen) atoms. The van der Waals surface area contributed by atoms with E-state index in [-0.39, 0.29) is 5.56 Å². The Kier molecular flexibility index (Phi) is 4.25. The number of carbonyl (C=O) groups is 1. The number of carbonyl (C=O) groups excluding carboxylic acids is 1. The summed E-state index contributed by atoms with van der Waals surface area (Å²) < 4.78 is 31.5. The van der Waals surface area contributed by atoms with Crippen molar-refractivity contribution in [3.8, 4) is 5.75 Å². The van der Waals surface area contributed by atoms with E-state index in [1.807, 2.05) is 0 Å². The minimum Gasteiger partial charge on any atom is -0.497 e. The summed E-state index contributed by atoms with van der Waals surface area (Å²) >= 11 is 0. The Hall–Kier alpha value is -2.49. The van der Waals surface area contributed by atoms with Crippen molar-refractivity contribution < 1.29 is 18.3 Å². The van der Waals surface area contributed by atoms with Crippen LogP contribution < -0.4 is 4.74 Å². The fraction of sp³-hybridized carbons (Fsp3) is 0.0625. The van der Waals surface area contributed by atoms with Gasteiger partial charge in [-0.05, 0) is 35.9 Å². The molecule has 0 bridgehead atoms. The largest absolute Gasteiger partial charge is 0.497 e. The van der Waals surface area contributed by atoms with Gasteiger partial charge in [0.05, 0.1) is 12.7 Å². The monoisotopic (exact) mass is 274 g/mol. The lowest BCUT2D eigenvalue weighted by Crippen LogP contribution is -1.99. The molecule has 0 amide bonds. The number of benzene rings is 2. The number of hydrogen-bond donors (Lipinski definition) is 0. The van der Waals surface area contributed by atoms with E-state index in [2.05, 4.69) is 0 Å². The predicted molar refractivity (Wildman–Crippen MR) is 72.7 cm³/mol. The molecule has 0 aromatic heterocycles. The van der Waals surface area contributed by atoms with Gasteiger partial charge in [-0.15, -0.1) is 0 Å². The molecule has 0 N–H and O–H groups in total. The molecule has 0 heterocycles. The maximum absolute atomic E-state index is 13.7. The molecule has 2 rings (SSSR count). The molecule has 0 saturated carbocycles. The van der Waals surface area contributed by atoms with Gasteiger partial charge in [0.1, 0.15) is 17.4 Å². The van der Waals surface area contributed by atoms with E-state index in [9.17, 15) is 13.6 Å². The van der Waals surface area contributed by atoms with Gasteiger partial charge in [0.25, 0.3) is 0 Å². The van der Waals surface area contributed by atoms with Crippen molar-refractivity contribution in [2.45, 2.75) is 0 Å². The number of hydrogen-bond acceptors (Lipinski definition) is 2. The fourth-order valence-electron chi connectivity index (χ4n) is 1.69. The third-order valence-electron chi connectivity index (χ3n) is 2.72. The molecule has 0 spiro atoms. The molecule has 0 atom stereocenters. The maximum atomic E-state index is 13.7. The van der Waals surface area contributed by atoms with Crippen LogP contribution in [0.4, 0.5) is 8.78 Å². The molecule has 4 heteroatoms. The normalized spacial score (nSPS) is 10.8. The van der Waals surface area contributed by atoms with Crippen molar-refractivity contribution in [2.24, 2.45) is 0 Å². The minimum atomic E-state index is -0.654. The third-order valence-corrected chi connectivity index (χ3v) is 2.72. The van der Waals surface area contributed by atoms with Crippen LogP contribution in [0.1, 0.15) is 15.9 Å². The van der Waals surface area contributed by atoms with Crippen molar-refractivity contribution in [1.82, 2.24) is 0 Å². The fourth-order valence-corrected chi connectivity index (χ4v) is 1.69. The van der Waals surface area contributed by atoms with E-state index in [4.69, 9.17) is 4.74 Å². The smallest absolute Gasteiger partial charge is 0.188 e. The summed E-state index contributed by atoms with van der Waals surface area (Å²) in [5.74, 6) is -1.20. The summed E-state index contributed by atoms with van der Waals surface area (Å²) in [4.78, 5) is 11.9. The molecule has 0 aliphatic carbocycles. The van der Waals surface area contributed by atoms with E-state index >= 15 is 0 Å². The van der Waals surface area contributed by atoms with Crippen LogP contribution >= 0.6 is 0 Å². The number of methoxy groups -OCH3 is 1. The van der Waals surface area contributed by atoms with Crippen molar-refractivity contribution in [3.05, 3.63) is 71.3 Å². The highest BCUT2D eigenvalue weighted by Crippen LogP contribution is 2.17. The van der Waals surface area contributed by atoms with Crippen LogP contribution in [0.25, 0.3) is 6.08 Å². The average Bonchev–Trinajstić information content (AvgIpc) is 2.44. The Morgan fingerprint density at radius 2 is 1.95 bits per heavy atom. The SMILES string of the molecule is COc1ccc(C(=O)/C=C/c2cccc(F)c2)c(F)c1. The van der Waals surface area contributed by atoms with Gasteiger partial charge in [0.15, 0.2) is 5.78 Å². The first-order valence-electron chi connectivity index (χ1n) is 5.91. The zero-order valence-electron chi connectivity index (χ0n) is 10.8. The van der Waals surface area contributed by atoms with Gasteiger partial charge in [-0.2, -0.15) is 0 Å². The number of ether oxygens (including phenoxy) is 1. The Bertz CT molecular complexity index is 663. The second-order valence-electron chi connectivity index (χ2n) is 4.10. The standard InChI is InChI=1S/C16H12F2O2/c1-20-13-6-7-14(15(18)10-13)16(19)8-5-11-3-2-4-12(17)9-11/h2-10H,1H3/b8-5+. The first kappa shape index (κ1) is 13.9. The highest BCUT2D eigenvalue weighted by atomic mass is 19.1. The van der Waals surface area contributed by atoms with Crippen LogP contribution in [-0.2, 0) is 0 Å². The predicted octanol–water partition coefficient (Wildman–Crippen LogP) is 3.87. The lowest BCUT2D eigenvalue weighted by atomic mass is 10.1. The van der Waals surface area contributed by atoms with Crippen molar-refractivity contribution >= 4 is 11.9 Å². The van der Waals surface area contributed by atoms with E-state index in [0.29, 0.717) is 11.3 Å². The first-order valence-corrected chi connectivity index (χ1v) is 5.91. The zero-order valence-corrected chi connectivity index (χ0v) is 10.8. The Labute approximate surface area is 115 Å². The van der Waals surface area contributed by atoms with Gasteiger partial charge in [0, 0.05) is 6.07 Å². The van der Waals surface area contributed by atoms with E-state index in [0.717, 1.165) is 6.07 Å². The Morgan fingerprint density at radius 1 is 1.15 bits per heavy atom. The highest BCUT2D eigenvalue weighted by Gasteiger charge is 2.09. The molecular formula is C16H12F2O2. The Balaban J connectivity index is 2.20. The summed E-state index contributed by atoms with van der Waals surface area (Å²) in [5.41, 5.74) is 0.478. The summed E-state index contributed by atoms with van der Waals surface area (Å²) in [5, 5.41) is 0. The summed E-state index contributed by atoms with van der Waals surface area (Å²) in [6, 6.07) is 9.78. The summed E-state index contributed by atoms with van der Waals surface area (Å²) in [7, 11) is 1.42. The molecular weight excluding hydrogens is 262 g/mol. The number of halogens is 2. The second kappa shape index (κ2) is 6.10. The Morgan fingerprint density at radius 3 is 2.60 bits per heavy atom. The molecule has 2 aromatic rings. The lowest BCUT2D eigenvalue weighted by Gasteiger charge is -2.02. The topological polar surface area (TPSA) is 26.3 Å². The molecule has 102 valence electrons. The van der Waals surface area contributed by atoms with Gasteiger partial charge in [-0.25, -0.2) is 8.78 Å². The molecule has 0 aliphatic heterocycles. The molecule has 0 fully saturated rings. The van der Waals surface area contributed by atoms with Crippen LogP contribution in [0.2, 0.25) is 0 Å². The van der Waals surface area contributed by atoms with Crippen molar-refractivity contribution in [3.63, 3.8) is 0 Å². The van der Waals surface area contributed by atoms with Crippen LogP contribution in [-0.4, -0.2) is 12.9 Å². The molecule has 0 saturated heterocycles. The van der Waals surface area contributed by atoms with Crippen molar-refractivity contribution in [1.29, 1.82) is 0 Å². The molecule has 2 nitrogen and oxygen atoms in total. The second-order valence-corrected chi connectivity index (χ2v) is 4.10. The van der Waals surface area contributed by atoms with Crippen LogP contribution in [0.15, 0.2) is 48.5 Å².